The van der Waals surface area contributed by atoms with Crippen LogP contribution in [0.5, 0.6) is 5.75 Å². The van der Waals surface area contributed by atoms with Crippen LogP contribution in [0, 0.1) is 0 Å². The number of nitrogens with two attached hydrogens (primary N) is 1. The van der Waals surface area contributed by atoms with Crippen LogP contribution in [0.4, 0.5) is 5.95 Å². The number of rotatable bonds is 11. The number of aromatic amines is 1. The SMILES string of the molecule is CCN(CC)CC.COc1ccc2c(=O)cc(COP(=O)(O)OC[C@H]3O[C@@H](n4cnc5c(=O)[nH]c(N)nc54)[C@H](O)[C@@H]3O)oc2c1. The maximum Gasteiger partial charge on any atom is 0.472 e. The van der Waals surface area contributed by atoms with Gasteiger partial charge in [-0.1, -0.05) is 20.8 Å². The molecule has 0 spiro atoms. The Morgan fingerprint density at radius 2 is 1.82 bits per heavy atom. The average Bonchev–Trinajstić information content (AvgIpc) is 3.56. The molecule has 1 aliphatic heterocycles. The van der Waals surface area contributed by atoms with Crippen LogP contribution in [0.25, 0.3) is 22.1 Å². The number of benzene rings is 1. The molecule has 4 aromatic rings. The second-order valence-electron chi connectivity index (χ2n) is 9.92. The van der Waals surface area contributed by atoms with Crippen LogP contribution in [0.3, 0.4) is 0 Å². The molecule has 1 aromatic carbocycles. The van der Waals surface area contributed by atoms with Crippen molar-refractivity contribution >= 4 is 35.9 Å². The van der Waals surface area contributed by atoms with Crippen molar-refractivity contribution in [1.29, 1.82) is 0 Å². The van der Waals surface area contributed by atoms with Gasteiger partial charge in [-0.3, -0.25) is 28.2 Å². The number of methoxy groups -OCH3 is 1. The van der Waals surface area contributed by atoms with Crippen LogP contribution < -0.4 is 21.5 Å². The number of nitrogens with one attached hydrogen (secondary N) is 1. The van der Waals surface area contributed by atoms with E-state index >= 15 is 0 Å². The highest BCUT2D eigenvalue weighted by molar-refractivity contribution is 7.47. The fraction of sp³-hybridized carbons (Fsp3) is 0.481. The van der Waals surface area contributed by atoms with Gasteiger partial charge in [0.15, 0.2) is 22.8 Å². The summed E-state index contributed by atoms with van der Waals surface area (Å²) in [5.41, 5.74) is 4.68. The Kier molecular flexibility index (Phi) is 11.1. The van der Waals surface area contributed by atoms with Crippen LogP contribution in [0.1, 0.15) is 32.8 Å². The first-order valence-electron chi connectivity index (χ1n) is 14.1. The molecule has 1 aliphatic rings. The maximum atomic E-state index is 12.4. The van der Waals surface area contributed by atoms with Crippen molar-refractivity contribution in [2.45, 2.75) is 51.9 Å². The third kappa shape index (κ3) is 7.95. The summed E-state index contributed by atoms with van der Waals surface area (Å²) in [6.07, 6.45) is -4.46. The summed E-state index contributed by atoms with van der Waals surface area (Å²) in [5.74, 6) is 0.201. The summed E-state index contributed by atoms with van der Waals surface area (Å²) in [7, 11) is -3.28. The Hall–Kier alpha value is -3.67. The Morgan fingerprint density at radius 3 is 2.47 bits per heavy atom. The zero-order chi connectivity index (χ0) is 32.9. The second-order valence-corrected chi connectivity index (χ2v) is 11.4. The molecule has 0 saturated carbocycles. The number of nitrogens with zero attached hydrogens (tertiary/aromatic N) is 4. The Bertz CT molecular complexity index is 1770. The summed E-state index contributed by atoms with van der Waals surface area (Å²) in [5, 5.41) is 21.2. The molecule has 5 atom stereocenters. The van der Waals surface area contributed by atoms with E-state index in [1.54, 1.807) is 6.07 Å². The van der Waals surface area contributed by atoms with Gasteiger partial charge in [-0.15, -0.1) is 0 Å². The number of anilines is 1. The smallest absolute Gasteiger partial charge is 0.472 e. The van der Waals surface area contributed by atoms with Gasteiger partial charge in [0.05, 0.1) is 25.4 Å². The lowest BCUT2D eigenvalue weighted by atomic mass is 10.1. The van der Waals surface area contributed by atoms with Crippen molar-refractivity contribution in [3.8, 4) is 5.75 Å². The van der Waals surface area contributed by atoms with Gasteiger partial charge < -0.3 is 39.6 Å². The Balaban J connectivity index is 0.000000591. The molecular weight excluding hydrogens is 615 g/mol. The lowest BCUT2D eigenvalue weighted by molar-refractivity contribution is -0.0517. The molecule has 0 amide bonds. The van der Waals surface area contributed by atoms with Gasteiger partial charge in [0.2, 0.25) is 5.95 Å². The molecule has 1 saturated heterocycles. The molecular formula is C27H37N6O11P. The Labute approximate surface area is 256 Å². The second kappa shape index (κ2) is 14.6. The third-order valence-electron chi connectivity index (χ3n) is 7.16. The first kappa shape index (κ1) is 34.2. The third-order valence-corrected chi connectivity index (χ3v) is 8.09. The minimum atomic E-state index is -4.73. The molecule has 6 N–H and O–H groups in total. The van der Waals surface area contributed by atoms with E-state index < -0.39 is 56.6 Å². The van der Waals surface area contributed by atoms with Crippen molar-refractivity contribution in [1.82, 2.24) is 24.4 Å². The van der Waals surface area contributed by atoms with Crippen LogP contribution >= 0.6 is 7.82 Å². The maximum absolute atomic E-state index is 12.4. The number of phosphoric acid groups is 1. The van der Waals surface area contributed by atoms with E-state index in [0.29, 0.717) is 5.75 Å². The fourth-order valence-electron chi connectivity index (χ4n) is 4.63. The van der Waals surface area contributed by atoms with Crippen LogP contribution in [0.15, 0.2) is 44.6 Å². The van der Waals surface area contributed by atoms with Crippen molar-refractivity contribution < 1.29 is 42.6 Å². The summed E-state index contributed by atoms with van der Waals surface area (Å²) in [6, 6.07) is 5.71. The van der Waals surface area contributed by atoms with Crippen molar-refractivity contribution in [3.63, 3.8) is 0 Å². The minimum Gasteiger partial charge on any atom is -0.497 e. The Morgan fingerprint density at radius 1 is 1.11 bits per heavy atom. The molecule has 5 rings (SSSR count). The van der Waals surface area contributed by atoms with Gasteiger partial charge >= 0.3 is 7.82 Å². The molecule has 45 heavy (non-hydrogen) atoms. The number of aliphatic hydroxyl groups is 2. The molecule has 246 valence electrons. The predicted octanol–water partition coefficient (Wildman–Crippen LogP) is 1.12. The standard InChI is InChI=1S/C21H22N5O11P.C6H15N/c1-33-9-2-3-11-12(27)4-10(36-13(11)5-9)6-34-38(31,32)35-7-14-16(28)17(29)20(37-14)26-8-23-15-18(26)24-21(22)25-19(15)30;1-4-7(5-2)6-3/h2-5,8,14,16-17,20,28-29H,6-7H2,1H3,(H,31,32)(H3,22,24,25,30);4-6H2,1-3H3/t14-,16-,17-,20-;/m1./s1. The highest BCUT2D eigenvalue weighted by atomic mass is 31.2. The largest absolute Gasteiger partial charge is 0.497 e. The van der Waals surface area contributed by atoms with Crippen LogP contribution in [-0.2, 0) is 25.0 Å². The van der Waals surface area contributed by atoms with E-state index in [0.717, 1.165) is 6.07 Å². The van der Waals surface area contributed by atoms with Crippen molar-refractivity contribution in [2.75, 3.05) is 39.1 Å². The lowest BCUT2D eigenvalue weighted by Crippen LogP contribution is -2.33. The van der Waals surface area contributed by atoms with Gasteiger partial charge in [-0.25, -0.2) is 9.55 Å². The molecule has 17 nitrogen and oxygen atoms in total. The minimum absolute atomic E-state index is 0.00488. The van der Waals surface area contributed by atoms with Gasteiger partial charge in [0.25, 0.3) is 5.56 Å². The number of fused-ring (bicyclic) bond motifs is 2. The normalized spacial score (nSPS) is 21.2. The monoisotopic (exact) mass is 652 g/mol. The van der Waals surface area contributed by atoms with E-state index in [4.69, 9.17) is 28.7 Å². The van der Waals surface area contributed by atoms with Gasteiger partial charge in [-0.2, -0.15) is 4.98 Å². The number of aromatic nitrogens is 4. The van der Waals surface area contributed by atoms with Gasteiger partial charge in [-0.05, 0) is 31.8 Å². The number of hydrogen-bond donors (Lipinski definition) is 5. The molecule has 0 bridgehead atoms. The van der Waals surface area contributed by atoms with E-state index in [-0.39, 0.29) is 33.8 Å². The lowest BCUT2D eigenvalue weighted by Gasteiger charge is -2.17. The van der Waals surface area contributed by atoms with Crippen LogP contribution in [-0.4, -0.2) is 91.2 Å². The van der Waals surface area contributed by atoms with Gasteiger partial charge in [0, 0.05) is 12.1 Å². The van der Waals surface area contributed by atoms with E-state index in [1.165, 1.54) is 49.8 Å². The van der Waals surface area contributed by atoms with Crippen LogP contribution in [0.2, 0.25) is 0 Å². The summed E-state index contributed by atoms with van der Waals surface area (Å²) >= 11 is 0. The number of ether oxygens (including phenoxy) is 2. The number of phosphoric ester groups is 1. The molecule has 0 radical (unpaired) electrons. The molecule has 1 fully saturated rings. The summed E-state index contributed by atoms with van der Waals surface area (Å²) < 4.78 is 39.8. The predicted molar refractivity (Wildman–Crippen MR) is 162 cm³/mol. The van der Waals surface area contributed by atoms with E-state index in [9.17, 15) is 29.3 Å². The van der Waals surface area contributed by atoms with E-state index in [2.05, 4.69) is 40.6 Å². The molecule has 0 aliphatic carbocycles. The highest BCUT2D eigenvalue weighted by Crippen LogP contribution is 2.45. The van der Waals surface area contributed by atoms with Crippen molar-refractivity contribution in [3.05, 3.63) is 56.9 Å². The topological polar surface area (TPSA) is 238 Å². The summed E-state index contributed by atoms with van der Waals surface area (Å²) in [6.45, 7) is 8.88. The first-order chi connectivity index (χ1) is 21.4. The fourth-order valence-corrected chi connectivity index (χ4v) is 5.33. The average molecular weight is 653 g/mol. The zero-order valence-electron chi connectivity index (χ0n) is 25.2. The quantitative estimate of drug-likeness (QED) is 0.143. The first-order valence-corrected chi connectivity index (χ1v) is 15.6. The van der Waals surface area contributed by atoms with Gasteiger partial charge in [0.1, 0.15) is 42.0 Å². The molecule has 18 heteroatoms. The number of nitrogen functional groups attached to an aromatic ring is 1. The molecule has 4 heterocycles. The number of H-pyrrole nitrogens is 1. The van der Waals surface area contributed by atoms with Crippen molar-refractivity contribution in [2.24, 2.45) is 0 Å². The zero-order valence-corrected chi connectivity index (χ0v) is 26.0. The number of imidazole rings is 1. The number of hydrogen-bond acceptors (Lipinski definition) is 14. The summed E-state index contributed by atoms with van der Waals surface area (Å²) in [4.78, 5) is 47.0. The molecule has 1 unspecified atom stereocenters. The molecule has 3 aromatic heterocycles. The number of aliphatic hydroxyl groups excluding tert-OH is 2. The highest BCUT2D eigenvalue weighted by Gasteiger charge is 2.45. The van der Waals surface area contributed by atoms with E-state index in [1.807, 2.05) is 0 Å².